The van der Waals surface area contributed by atoms with Crippen LogP contribution in [0.1, 0.15) is 10.5 Å². The van der Waals surface area contributed by atoms with Crippen LogP contribution in [0.2, 0.25) is 0 Å². The number of aromatic amines is 1. The van der Waals surface area contributed by atoms with Crippen molar-refractivity contribution < 1.29 is 9.53 Å². The van der Waals surface area contributed by atoms with Crippen molar-refractivity contribution in [3.8, 4) is 0 Å². The standard InChI is InChI=1S/C9H10IN5O2/c1-17-5-15-4-6(2-12-15)13-9(16)8-7(10)3-11-14-8/h2-4H,5H2,1H3,(H,11,14)(H,13,16). The lowest BCUT2D eigenvalue weighted by Gasteiger charge is -2.00. The average molecular weight is 347 g/mol. The van der Waals surface area contributed by atoms with Crippen LogP contribution in [0.4, 0.5) is 5.69 Å². The summed E-state index contributed by atoms with van der Waals surface area (Å²) in [7, 11) is 1.58. The summed E-state index contributed by atoms with van der Waals surface area (Å²) in [6.45, 7) is 0.345. The Hall–Kier alpha value is -1.42. The first-order valence-corrected chi connectivity index (χ1v) is 5.80. The summed E-state index contributed by atoms with van der Waals surface area (Å²) in [5.41, 5.74) is 1.04. The summed E-state index contributed by atoms with van der Waals surface area (Å²) in [4.78, 5) is 11.8. The summed E-state index contributed by atoms with van der Waals surface area (Å²) in [5, 5.41) is 13.1. The van der Waals surface area contributed by atoms with Crippen molar-refractivity contribution in [1.29, 1.82) is 0 Å². The number of hydrogen-bond acceptors (Lipinski definition) is 4. The van der Waals surface area contributed by atoms with Gasteiger partial charge in [-0.3, -0.25) is 9.89 Å². The van der Waals surface area contributed by atoms with Gasteiger partial charge < -0.3 is 10.1 Å². The van der Waals surface area contributed by atoms with Crippen molar-refractivity contribution in [1.82, 2.24) is 20.0 Å². The van der Waals surface area contributed by atoms with Crippen LogP contribution in [0.25, 0.3) is 0 Å². The summed E-state index contributed by atoms with van der Waals surface area (Å²) in [6, 6.07) is 0. The van der Waals surface area contributed by atoms with Gasteiger partial charge in [-0.25, -0.2) is 4.68 Å². The number of halogens is 1. The number of amides is 1. The Bertz CT molecular complexity index is 521. The van der Waals surface area contributed by atoms with Crippen molar-refractivity contribution in [3.63, 3.8) is 0 Å². The molecule has 0 atom stereocenters. The zero-order valence-corrected chi connectivity index (χ0v) is 11.1. The molecule has 2 heterocycles. The zero-order valence-electron chi connectivity index (χ0n) is 8.98. The van der Waals surface area contributed by atoms with Gasteiger partial charge in [-0.15, -0.1) is 0 Å². The molecule has 0 saturated carbocycles. The van der Waals surface area contributed by atoms with E-state index in [0.717, 1.165) is 3.57 Å². The number of H-pyrrole nitrogens is 1. The highest BCUT2D eigenvalue weighted by atomic mass is 127. The summed E-state index contributed by atoms with van der Waals surface area (Å²) < 4.78 is 7.25. The Balaban J connectivity index is 2.05. The number of nitrogens with zero attached hydrogens (tertiary/aromatic N) is 3. The first-order chi connectivity index (χ1) is 8.20. The number of rotatable bonds is 4. The van der Waals surface area contributed by atoms with E-state index in [1.54, 1.807) is 30.4 Å². The third-order valence-corrected chi connectivity index (χ3v) is 2.79. The molecule has 2 aromatic rings. The number of hydrogen-bond donors (Lipinski definition) is 2. The second-order valence-electron chi connectivity index (χ2n) is 3.23. The molecule has 0 unspecified atom stereocenters. The number of nitrogens with one attached hydrogen (secondary N) is 2. The molecule has 0 aromatic carbocycles. The third kappa shape index (κ3) is 2.82. The monoisotopic (exact) mass is 347 g/mol. The third-order valence-electron chi connectivity index (χ3n) is 1.97. The van der Waals surface area contributed by atoms with Crippen molar-refractivity contribution in [2.45, 2.75) is 6.73 Å². The summed E-state index contributed by atoms with van der Waals surface area (Å²) >= 11 is 2.04. The second-order valence-corrected chi connectivity index (χ2v) is 4.40. The highest BCUT2D eigenvalue weighted by Gasteiger charge is 2.12. The van der Waals surface area contributed by atoms with Crippen LogP contribution in [-0.2, 0) is 11.5 Å². The van der Waals surface area contributed by atoms with Crippen LogP contribution in [0.5, 0.6) is 0 Å². The lowest BCUT2D eigenvalue weighted by Crippen LogP contribution is -2.13. The van der Waals surface area contributed by atoms with Crippen LogP contribution in [0.3, 0.4) is 0 Å². The molecule has 17 heavy (non-hydrogen) atoms. The Morgan fingerprint density at radius 1 is 1.65 bits per heavy atom. The van der Waals surface area contributed by atoms with Gasteiger partial charge in [0.25, 0.3) is 5.91 Å². The number of carbonyl (C=O) groups excluding carboxylic acids is 1. The molecule has 2 N–H and O–H groups in total. The molecule has 0 aliphatic carbocycles. The Morgan fingerprint density at radius 2 is 2.47 bits per heavy atom. The smallest absolute Gasteiger partial charge is 0.274 e. The number of methoxy groups -OCH3 is 1. The predicted octanol–water partition coefficient (Wildman–Crippen LogP) is 1.07. The molecule has 0 fully saturated rings. The van der Waals surface area contributed by atoms with Crippen LogP contribution in [0.15, 0.2) is 18.6 Å². The molecule has 0 aliphatic heterocycles. The van der Waals surface area contributed by atoms with Gasteiger partial charge in [0.1, 0.15) is 12.4 Å². The van der Waals surface area contributed by atoms with Gasteiger partial charge in [0, 0.05) is 7.11 Å². The average Bonchev–Trinajstić information content (AvgIpc) is 2.88. The fourth-order valence-corrected chi connectivity index (χ4v) is 1.76. The first-order valence-electron chi connectivity index (χ1n) is 4.72. The topological polar surface area (TPSA) is 84.8 Å². The van der Waals surface area contributed by atoms with E-state index in [-0.39, 0.29) is 5.91 Å². The molecule has 0 bridgehead atoms. The van der Waals surface area contributed by atoms with Crippen LogP contribution >= 0.6 is 22.6 Å². The molecule has 8 heteroatoms. The fraction of sp³-hybridized carbons (Fsp3) is 0.222. The molecule has 0 saturated heterocycles. The van der Waals surface area contributed by atoms with Gasteiger partial charge in [-0.05, 0) is 22.6 Å². The van der Waals surface area contributed by atoms with Gasteiger partial charge in [0.2, 0.25) is 0 Å². The first kappa shape index (κ1) is 12.0. The largest absolute Gasteiger partial charge is 0.362 e. The van der Waals surface area contributed by atoms with Crippen LogP contribution in [0, 0.1) is 3.57 Å². The van der Waals surface area contributed by atoms with Crippen molar-refractivity contribution in [3.05, 3.63) is 27.9 Å². The lowest BCUT2D eigenvalue weighted by molar-refractivity contribution is 0.102. The minimum absolute atomic E-state index is 0.246. The summed E-state index contributed by atoms with van der Waals surface area (Å²) in [5.74, 6) is -0.246. The second kappa shape index (κ2) is 5.27. The molecule has 1 amide bonds. The molecule has 7 nitrogen and oxygen atoms in total. The van der Waals surface area contributed by atoms with E-state index in [1.165, 1.54) is 0 Å². The van der Waals surface area contributed by atoms with Gasteiger partial charge in [-0.1, -0.05) is 0 Å². The maximum Gasteiger partial charge on any atom is 0.274 e. The SMILES string of the molecule is COCn1cc(NC(=O)c2[nH]ncc2I)cn1. The van der Waals surface area contributed by atoms with E-state index < -0.39 is 0 Å². The highest BCUT2D eigenvalue weighted by Crippen LogP contribution is 2.11. The fourth-order valence-electron chi connectivity index (χ4n) is 1.26. The van der Waals surface area contributed by atoms with E-state index in [2.05, 4.69) is 20.6 Å². The molecular formula is C9H10IN5O2. The predicted molar refractivity (Wildman–Crippen MR) is 68.5 cm³/mol. The Labute approximate surface area is 111 Å². The summed E-state index contributed by atoms with van der Waals surface area (Å²) in [6.07, 6.45) is 4.83. The Morgan fingerprint density at radius 3 is 3.12 bits per heavy atom. The van der Waals surface area contributed by atoms with Crippen LogP contribution < -0.4 is 5.32 Å². The maximum atomic E-state index is 11.8. The number of aromatic nitrogens is 4. The van der Waals surface area contributed by atoms with E-state index in [1.807, 2.05) is 22.6 Å². The molecule has 2 rings (SSSR count). The Kier molecular flexibility index (Phi) is 3.74. The van der Waals surface area contributed by atoms with E-state index in [9.17, 15) is 4.79 Å². The van der Waals surface area contributed by atoms with Gasteiger partial charge in [0.15, 0.2) is 0 Å². The molecule has 2 aromatic heterocycles. The number of ether oxygens (including phenoxy) is 1. The van der Waals surface area contributed by atoms with Crippen LogP contribution in [-0.4, -0.2) is 33.0 Å². The number of carbonyl (C=O) groups is 1. The highest BCUT2D eigenvalue weighted by molar-refractivity contribution is 14.1. The minimum atomic E-state index is -0.246. The van der Waals surface area contributed by atoms with Gasteiger partial charge in [0.05, 0.1) is 27.8 Å². The quantitative estimate of drug-likeness (QED) is 0.811. The van der Waals surface area contributed by atoms with Crippen molar-refractivity contribution in [2.75, 3.05) is 12.4 Å². The van der Waals surface area contributed by atoms with E-state index in [4.69, 9.17) is 4.74 Å². The van der Waals surface area contributed by atoms with Gasteiger partial charge >= 0.3 is 0 Å². The normalized spacial score (nSPS) is 10.5. The molecule has 0 aliphatic rings. The molecular weight excluding hydrogens is 337 g/mol. The van der Waals surface area contributed by atoms with Crippen molar-refractivity contribution in [2.24, 2.45) is 0 Å². The maximum absolute atomic E-state index is 11.8. The zero-order chi connectivity index (χ0) is 12.3. The lowest BCUT2D eigenvalue weighted by atomic mass is 10.4. The van der Waals surface area contributed by atoms with Gasteiger partial charge in [-0.2, -0.15) is 10.2 Å². The number of anilines is 1. The van der Waals surface area contributed by atoms with E-state index >= 15 is 0 Å². The van der Waals surface area contributed by atoms with Crippen molar-refractivity contribution >= 4 is 34.2 Å². The molecule has 0 spiro atoms. The molecule has 0 radical (unpaired) electrons. The van der Waals surface area contributed by atoms with E-state index in [0.29, 0.717) is 18.1 Å². The minimum Gasteiger partial charge on any atom is -0.362 e. The molecule has 90 valence electrons.